The predicted octanol–water partition coefficient (Wildman–Crippen LogP) is 0.592. The zero-order valence-corrected chi connectivity index (χ0v) is 9.76. The number of aryl methyl sites for hydroxylation is 1. The SMILES string of the molecule is COCCOCc1nnc(CCCN)s1. The van der Waals surface area contributed by atoms with Crippen LogP contribution in [0.4, 0.5) is 0 Å². The molecule has 5 nitrogen and oxygen atoms in total. The summed E-state index contributed by atoms with van der Waals surface area (Å²) >= 11 is 1.59. The minimum Gasteiger partial charge on any atom is -0.382 e. The van der Waals surface area contributed by atoms with Gasteiger partial charge in [0, 0.05) is 13.5 Å². The second-order valence-electron chi connectivity index (χ2n) is 3.03. The molecule has 0 aliphatic rings. The lowest BCUT2D eigenvalue weighted by Crippen LogP contribution is -2.01. The fraction of sp³-hybridized carbons (Fsp3) is 0.778. The molecule has 15 heavy (non-hydrogen) atoms. The maximum absolute atomic E-state index is 5.41. The van der Waals surface area contributed by atoms with Gasteiger partial charge < -0.3 is 15.2 Å². The molecule has 86 valence electrons. The van der Waals surface area contributed by atoms with Gasteiger partial charge in [0.1, 0.15) is 16.6 Å². The summed E-state index contributed by atoms with van der Waals surface area (Å²) in [6.45, 7) is 2.41. The number of aromatic nitrogens is 2. The van der Waals surface area contributed by atoms with Crippen molar-refractivity contribution in [3.63, 3.8) is 0 Å². The summed E-state index contributed by atoms with van der Waals surface area (Å²) in [4.78, 5) is 0. The number of nitrogens with zero attached hydrogens (tertiary/aromatic N) is 2. The number of methoxy groups -OCH3 is 1. The molecule has 1 aromatic heterocycles. The highest BCUT2D eigenvalue weighted by Gasteiger charge is 2.03. The van der Waals surface area contributed by atoms with E-state index in [0.29, 0.717) is 26.4 Å². The van der Waals surface area contributed by atoms with Crippen LogP contribution in [0.25, 0.3) is 0 Å². The monoisotopic (exact) mass is 231 g/mol. The lowest BCUT2D eigenvalue weighted by Gasteiger charge is -1.98. The Labute approximate surface area is 93.6 Å². The summed E-state index contributed by atoms with van der Waals surface area (Å²) in [5, 5.41) is 10.0. The standard InChI is InChI=1S/C9H17N3O2S/c1-13-5-6-14-7-9-12-11-8(15-9)3-2-4-10/h2-7,10H2,1H3. The van der Waals surface area contributed by atoms with Crippen molar-refractivity contribution in [2.24, 2.45) is 5.73 Å². The molecule has 0 spiro atoms. The molecular weight excluding hydrogens is 214 g/mol. The summed E-state index contributed by atoms with van der Waals surface area (Å²) in [6, 6.07) is 0. The zero-order chi connectivity index (χ0) is 10.9. The summed E-state index contributed by atoms with van der Waals surface area (Å²) in [5.74, 6) is 0. The Morgan fingerprint density at radius 1 is 1.27 bits per heavy atom. The van der Waals surface area contributed by atoms with E-state index in [0.717, 1.165) is 22.9 Å². The topological polar surface area (TPSA) is 70.3 Å². The van der Waals surface area contributed by atoms with Gasteiger partial charge in [-0.3, -0.25) is 0 Å². The van der Waals surface area contributed by atoms with E-state index in [-0.39, 0.29) is 0 Å². The Balaban J connectivity index is 2.20. The van der Waals surface area contributed by atoms with Crippen molar-refractivity contribution in [3.05, 3.63) is 10.0 Å². The molecule has 1 rings (SSSR count). The molecule has 6 heteroatoms. The molecule has 0 bridgehead atoms. The molecule has 0 saturated heterocycles. The van der Waals surface area contributed by atoms with Crippen LogP contribution in [0.1, 0.15) is 16.4 Å². The first-order valence-electron chi connectivity index (χ1n) is 4.95. The van der Waals surface area contributed by atoms with Crippen molar-refractivity contribution >= 4 is 11.3 Å². The first-order valence-corrected chi connectivity index (χ1v) is 5.76. The number of hydrogen-bond acceptors (Lipinski definition) is 6. The second-order valence-corrected chi connectivity index (χ2v) is 4.17. The van der Waals surface area contributed by atoms with Crippen molar-refractivity contribution in [3.8, 4) is 0 Å². The van der Waals surface area contributed by atoms with E-state index in [1.54, 1.807) is 18.4 Å². The van der Waals surface area contributed by atoms with Crippen LogP contribution in [0.3, 0.4) is 0 Å². The van der Waals surface area contributed by atoms with Gasteiger partial charge >= 0.3 is 0 Å². The first kappa shape index (κ1) is 12.5. The van der Waals surface area contributed by atoms with E-state index < -0.39 is 0 Å². The Kier molecular flexibility index (Phi) is 6.42. The minimum atomic E-state index is 0.518. The number of rotatable bonds is 8. The zero-order valence-electron chi connectivity index (χ0n) is 8.94. The smallest absolute Gasteiger partial charge is 0.143 e. The second kappa shape index (κ2) is 7.70. The third-order valence-corrected chi connectivity index (χ3v) is 2.72. The fourth-order valence-corrected chi connectivity index (χ4v) is 1.83. The van der Waals surface area contributed by atoms with E-state index in [1.165, 1.54) is 0 Å². The highest BCUT2D eigenvalue weighted by atomic mass is 32.1. The Bertz CT molecular complexity index is 268. The van der Waals surface area contributed by atoms with Gasteiger partial charge in [-0.1, -0.05) is 11.3 Å². The Morgan fingerprint density at radius 2 is 2.07 bits per heavy atom. The van der Waals surface area contributed by atoms with E-state index >= 15 is 0 Å². The van der Waals surface area contributed by atoms with Crippen molar-refractivity contribution in [1.82, 2.24) is 10.2 Å². The van der Waals surface area contributed by atoms with Crippen molar-refractivity contribution in [2.45, 2.75) is 19.4 Å². The van der Waals surface area contributed by atoms with E-state index in [4.69, 9.17) is 15.2 Å². The van der Waals surface area contributed by atoms with Crippen molar-refractivity contribution in [2.75, 3.05) is 26.9 Å². The molecule has 0 fully saturated rings. The van der Waals surface area contributed by atoms with Crippen LogP contribution in [0.15, 0.2) is 0 Å². The van der Waals surface area contributed by atoms with Crippen LogP contribution in [0, 0.1) is 0 Å². The van der Waals surface area contributed by atoms with Gasteiger partial charge in [-0.15, -0.1) is 10.2 Å². The lowest BCUT2D eigenvalue weighted by atomic mass is 10.3. The number of ether oxygens (including phenoxy) is 2. The maximum Gasteiger partial charge on any atom is 0.143 e. The van der Waals surface area contributed by atoms with Gasteiger partial charge in [0.25, 0.3) is 0 Å². The average Bonchev–Trinajstić information content (AvgIpc) is 2.69. The Morgan fingerprint density at radius 3 is 2.80 bits per heavy atom. The molecule has 0 unspecified atom stereocenters. The van der Waals surface area contributed by atoms with Crippen molar-refractivity contribution in [1.29, 1.82) is 0 Å². The molecule has 0 amide bonds. The first-order chi connectivity index (χ1) is 7.36. The quantitative estimate of drug-likeness (QED) is 0.663. The molecule has 0 saturated carbocycles. The van der Waals surface area contributed by atoms with E-state index in [9.17, 15) is 0 Å². The van der Waals surface area contributed by atoms with Gasteiger partial charge in [-0.05, 0) is 13.0 Å². The molecule has 1 heterocycles. The van der Waals surface area contributed by atoms with Gasteiger partial charge in [0.15, 0.2) is 0 Å². The molecule has 0 atom stereocenters. The third kappa shape index (κ3) is 5.17. The lowest BCUT2D eigenvalue weighted by molar-refractivity contribution is 0.0613. The fourth-order valence-electron chi connectivity index (χ4n) is 1.00. The number of nitrogens with two attached hydrogens (primary N) is 1. The maximum atomic E-state index is 5.41. The molecule has 0 radical (unpaired) electrons. The third-order valence-electron chi connectivity index (χ3n) is 1.76. The average molecular weight is 231 g/mol. The van der Waals surface area contributed by atoms with Crippen LogP contribution in [0.2, 0.25) is 0 Å². The minimum absolute atomic E-state index is 0.518. The summed E-state index contributed by atoms with van der Waals surface area (Å²) < 4.78 is 10.2. The summed E-state index contributed by atoms with van der Waals surface area (Å²) in [7, 11) is 1.65. The van der Waals surface area contributed by atoms with Gasteiger partial charge in [0.2, 0.25) is 0 Å². The largest absolute Gasteiger partial charge is 0.382 e. The van der Waals surface area contributed by atoms with Crippen LogP contribution < -0.4 is 5.73 Å². The van der Waals surface area contributed by atoms with Crippen LogP contribution >= 0.6 is 11.3 Å². The molecule has 2 N–H and O–H groups in total. The van der Waals surface area contributed by atoms with Gasteiger partial charge in [-0.2, -0.15) is 0 Å². The van der Waals surface area contributed by atoms with Crippen LogP contribution in [-0.4, -0.2) is 37.1 Å². The predicted molar refractivity (Wildman–Crippen MR) is 58.8 cm³/mol. The van der Waals surface area contributed by atoms with Gasteiger partial charge in [0.05, 0.1) is 13.2 Å². The molecule has 1 aromatic rings. The summed E-state index contributed by atoms with van der Waals surface area (Å²) in [5.41, 5.74) is 5.41. The van der Waals surface area contributed by atoms with Crippen LogP contribution in [0.5, 0.6) is 0 Å². The van der Waals surface area contributed by atoms with E-state index in [1.807, 2.05) is 0 Å². The van der Waals surface area contributed by atoms with Crippen LogP contribution in [-0.2, 0) is 22.5 Å². The molecular formula is C9H17N3O2S. The highest BCUT2D eigenvalue weighted by molar-refractivity contribution is 7.11. The molecule has 0 aliphatic carbocycles. The summed E-state index contributed by atoms with van der Waals surface area (Å²) in [6.07, 6.45) is 1.87. The van der Waals surface area contributed by atoms with Gasteiger partial charge in [-0.25, -0.2) is 0 Å². The normalized spacial score (nSPS) is 10.8. The Hall–Kier alpha value is -0.560. The molecule has 0 aliphatic heterocycles. The molecule has 0 aromatic carbocycles. The highest BCUT2D eigenvalue weighted by Crippen LogP contribution is 2.12. The van der Waals surface area contributed by atoms with Crippen molar-refractivity contribution < 1.29 is 9.47 Å². The van der Waals surface area contributed by atoms with E-state index in [2.05, 4.69) is 10.2 Å². The number of hydrogen-bond donors (Lipinski definition) is 1.